The van der Waals surface area contributed by atoms with Gasteiger partial charge in [0.15, 0.2) is 5.69 Å². The standard InChI is InChI=1S/C13H19N3O3/c1-13(9-19-2)3-5-16(6-4-13)11-8-14-10(7-15-11)12(17)18/h7-8H,3-6,9H2,1-2H3,(H,17,18). The molecule has 19 heavy (non-hydrogen) atoms. The van der Waals surface area contributed by atoms with Crippen molar-refractivity contribution in [2.24, 2.45) is 5.41 Å². The van der Waals surface area contributed by atoms with Crippen molar-refractivity contribution in [3.63, 3.8) is 0 Å². The zero-order valence-corrected chi connectivity index (χ0v) is 11.3. The molecule has 0 spiro atoms. The van der Waals surface area contributed by atoms with Gasteiger partial charge in [-0.05, 0) is 18.3 Å². The van der Waals surface area contributed by atoms with Gasteiger partial charge in [-0.3, -0.25) is 0 Å². The van der Waals surface area contributed by atoms with Gasteiger partial charge in [0.05, 0.1) is 19.0 Å². The van der Waals surface area contributed by atoms with Crippen molar-refractivity contribution in [2.45, 2.75) is 19.8 Å². The van der Waals surface area contributed by atoms with Gasteiger partial charge in [0, 0.05) is 20.2 Å². The molecule has 6 heteroatoms. The fourth-order valence-corrected chi connectivity index (χ4v) is 2.36. The highest BCUT2D eigenvalue weighted by molar-refractivity contribution is 5.84. The van der Waals surface area contributed by atoms with Crippen LogP contribution < -0.4 is 4.90 Å². The van der Waals surface area contributed by atoms with Crippen LogP contribution in [-0.4, -0.2) is 47.8 Å². The van der Waals surface area contributed by atoms with Gasteiger partial charge < -0.3 is 14.7 Å². The van der Waals surface area contributed by atoms with E-state index in [-0.39, 0.29) is 11.1 Å². The van der Waals surface area contributed by atoms with Crippen LogP contribution in [0.1, 0.15) is 30.3 Å². The first kappa shape index (κ1) is 13.7. The summed E-state index contributed by atoms with van der Waals surface area (Å²) in [6, 6.07) is 0. The van der Waals surface area contributed by atoms with Crippen LogP contribution in [0.2, 0.25) is 0 Å². The van der Waals surface area contributed by atoms with Crippen LogP contribution in [0.5, 0.6) is 0 Å². The summed E-state index contributed by atoms with van der Waals surface area (Å²) in [5.74, 6) is -0.310. The summed E-state index contributed by atoms with van der Waals surface area (Å²) in [7, 11) is 1.73. The van der Waals surface area contributed by atoms with E-state index in [1.54, 1.807) is 7.11 Å². The first-order valence-corrected chi connectivity index (χ1v) is 6.33. The molecule has 104 valence electrons. The Labute approximate surface area is 112 Å². The second-order valence-electron chi connectivity index (χ2n) is 5.30. The number of carboxylic acid groups (broad SMARTS) is 1. The number of ether oxygens (including phenoxy) is 1. The molecule has 1 aromatic rings. The monoisotopic (exact) mass is 265 g/mol. The maximum atomic E-state index is 10.7. The highest BCUT2D eigenvalue weighted by atomic mass is 16.5. The first-order chi connectivity index (χ1) is 9.04. The molecule has 0 radical (unpaired) electrons. The number of piperidine rings is 1. The molecule has 0 unspecified atom stereocenters. The summed E-state index contributed by atoms with van der Waals surface area (Å²) >= 11 is 0. The Hall–Kier alpha value is -1.69. The number of carboxylic acids is 1. The molecule has 1 aromatic heterocycles. The lowest BCUT2D eigenvalue weighted by molar-refractivity contribution is 0.0690. The molecule has 0 aromatic carbocycles. The summed E-state index contributed by atoms with van der Waals surface area (Å²) < 4.78 is 5.26. The second-order valence-corrected chi connectivity index (χ2v) is 5.30. The van der Waals surface area contributed by atoms with E-state index < -0.39 is 5.97 Å². The third-order valence-electron chi connectivity index (χ3n) is 3.64. The van der Waals surface area contributed by atoms with Gasteiger partial charge in [-0.1, -0.05) is 6.92 Å². The number of hydrogen-bond donors (Lipinski definition) is 1. The van der Waals surface area contributed by atoms with Crippen molar-refractivity contribution in [1.29, 1.82) is 0 Å². The van der Waals surface area contributed by atoms with Crippen LogP contribution >= 0.6 is 0 Å². The number of aromatic nitrogens is 2. The summed E-state index contributed by atoms with van der Waals surface area (Å²) in [6.07, 6.45) is 4.90. The average molecular weight is 265 g/mol. The highest BCUT2D eigenvalue weighted by Crippen LogP contribution is 2.32. The molecular weight excluding hydrogens is 246 g/mol. The Morgan fingerprint density at radius 1 is 1.42 bits per heavy atom. The Kier molecular flexibility index (Phi) is 3.99. The molecule has 1 saturated heterocycles. The van der Waals surface area contributed by atoms with E-state index in [1.807, 2.05) is 0 Å². The van der Waals surface area contributed by atoms with E-state index in [2.05, 4.69) is 21.8 Å². The second kappa shape index (κ2) is 5.52. The van der Waals surface area contributed by atoms with Gasteiger partial charge in [-0.2, -0.15) is 0 Å². The van der Waals surface area contributed by atoms with E-state index in [1.165, 1.54) is 12.4 Å². The SMILES string of the molecule is COCC1(C)CCN(c2cnc(C(=O)O)cn2)CC1. The Bertz CT molecular complexity index is 439. The van der Waals surface area contributed by atoms with Crippen LogP contribution in [-0.2, 0) is 4.74 Å². The van der Waals surface area contributed by atoms with Crippen molar-refractivity contribution in [1.82, 2.24) is 9.97 Å². The van der Waals surface area contributed by atoms with Gasteiger partial charge in [-0.25, -0.2) is 14.8 Å². The molecule has 0 amide bonds. The molecule has 2 rings (SSSR count). The third kappa shape index (κ3) is 3.20. The lowest BCUT2D eigenvalue weighted by Crippen LogP contribution is -2.41. The lowest BCUT2D eigenvalue weighted by atomic mass is 9.81. The van der Waals surface area contributed by atoms with Crippen LogP contribution in [0.3, 0.4) is 0 Å². The fraction of sp³-hybridized carbons (Fsp3) is 0.615. The zero-order valence-electron chi connectivity index (χ0n) is 11.3. The van der Waals surface area contributed by atoms with Crippen LogP contribution in [0.25, 0.3) is 0 Å². The predicted molar refractivity (Wildman–Crippen MR) is 70.4 cm³/mol. The van der Waals surface area contributed by atoms with E-state index in [0.717, 1.165) is 38.4 Å². The third-order valence-corrected chi connectivity index (χ3v) is 3.64. The van der Waals surface area contributed by atoms with Crippen LogP contribution in [0.4, 0.5) is 5.82 Å². The molecule has 6 nitrogen and oxygen atoms in total. The van der Waals surface area contributed by atoms with Crippen molar-refractivity contribution >= 4 is 11.8 Å². The minimum Gasteiger partial charge on any atom is -0.476 e. The molecule has 1 aliphatic rings. The molecular formula is C13H19N3O3. The van der Waals surface area contributed by atoms with Gasteiger partial charge in [-0.15, -0.1) is 0 Å². The van der Waals surface area contributed by atoms with E-state index in [9.17, 15) is 4.79 Å². The summed E-state index contributed by atoms with van der Waals surface area (Å²) in [5, 5.41) is 8.78. The molecule has 0 saturated carbocycles. The number of hydrogen-bond acceptors (Lipinski definition) is 5. The predicted octanol–water partition coefficient (Wildman–Crippen LogP) is 1.43. The summed E-state index contributed by atoms with van der Waals surface area (Å²) in [6.45, 7) is 4.78. The zero-order chi connectivity index (χ0) is 13.9. The van der Waals surface area contributed by atoms with Crippen molar-refractivity contribution in [2.75, 3.05) is 31.7 Å². The quantitative estimate of drug-likeness (QED) is 0.887. The molecule has 0 aliphatic carbocycles. The molecule has 1 N–H and O–H groups in total. The smallest absolute Gasteiger partial charge is 0.356 e. The Balaban J connectivity index is 1.99. The number of carbonyl (C=O) groups is 1. The van der Waals surface area contributed by atoms with Crippen LogP contribution in [0, 0.1) is 5.41 Å². The van der Waals surface area contributed by atoms with Gasteiger partial charge >= 0.3 is 5.97 Å². The number of anilines is 1. The van der Waals surface area contributed by atoms with E-state index >= 15 is 0 Å². The minimum atomic E-state index is -1.05. The van der Waals surface area contributed by atoms with Crippen molar-refractivity contribution in [3.8, 4) is 0 Å². The number of aromatic carboxylic acids is 1. The minimum absolute atomic E-state index is 0.0232. The normalized spacial score (nSPS) is 18.3. The highest BCUT2D eigenvalue weighted by Gasteiger charge is 2.30. The largest absolute Gasteiger partial charge is 0.476 e. The number of rotatable bonds is 4. The maximum absolute atomic E-state index is 10.7. The van der Waals surface area contributed by atoms with Gasteiger partial charge in [0.1, 0.15) is 5.82 Å². The topological polar surface area (TPSA) is 75.5 Å². The lowest BCUT2D eigenvalue weighted by Gasteiger charge is -2.39. The summed E-state index contributed by atoms with van der Waals surface area (Å²) in [5.41, 5.74) is 0.199. The first-order valence-electron chi connectivity index (χ1n) is 6.33. The van der Waals surface area contributed by atoms with E-state index in [4.69, 9.17) is 9.84 Å². The fourth-order valence-electron chi connectivity index (χ4n) is 2.36. The molecule has 2 heterocycles. The molecule has 0 bridgehead atoms. The Morgan fingerprint density at radius 3 is 2.58 bits per heavy atom. The van der Waals surface area contributed by atoms with Crippen LogP contribution in [0.15, 0.2) is 12.4 Å². The van der Waals surface area contributed by atoms with Gasteiger partial charge in [0.2, 0.25) is 0 Å². The average Bonchev–Trinajstić information content (AvgIpc) is 2.40. The van der Waals surface area contributed by atoms with E-state index in [0.29, 0.717) is 0 Å². The Morgan fingerprint density at radius 2 is 2.11 bits per heavy atom. The number of nitrogens with zero attached hydrogens (tertiary/aromatic N) is 3. The van der Waals surface area contributed by atoms with Crippen molar-refractivity contribution < 1.29 is 14.6 Å². The molecule has 1 aliphatic heterocycles. The van der Waals surface area contributed by atoms with Crippen molar-refractivity contribution in [3.05, 3.63) is 18.1 Å². The maximum Gasteiger partial charge on any atom is 0.356 e. The molecule has 1 fully saturated rings. The number of methoxy groups -OCH3 is 1. The molecule has 0 atom stereocenters. The summed E-state index contributed by atoms with van der Waals surface area (Å²) in [4.78, 5) is 20.9. The van der Waals surface area contributed by atoms with Gasteiger partial charge in [0.25, 0.3) is 0 Å².